The number of amides is 1. The van der Waals surface area contributed by atoms with Gasteiger partial charge in [0.05, 0.1) is 5.69 Å². The summed E-state index contributed by atoms with van der Waals surface area (Å²) in [4.78, 5) is 16.5. The lowest BCUT2D eigenvalue weighted by Gasteiger charge is -2.10. The van der Waals surface area contributed by atoms with Gasteiger partial charge >= 0.3 is 6.36 Å². The summed E-state index contributed by atoms with van der Waals surface area (Å²) in [6.07, 6.45) is -3.15. The fourth-order valence-corrected chi connectivity index (χ4v) is 2.14. The summed E-state index contributed by atoms with van der Waals surface area (Å²) in [5.41, 5.74) is 0.853. The Morgan fingerprint density at radius 3 is 2.79 bits per heavy atom. The van der Waals surface area contributed by atoms with Gasteiger partial charge < -0.3 is 10.1 Å². The first-order chi connectivity index (χ1) is 11.3. The molecule has 124 valence electrons. The molecule has 0 aliphatic rings. The molecule has 1 amide bonds. The number of aromatic nitrogens is 3. The van der Waals surface area contributed by atoms with E-state index in [9.17, 15) is 18.0 Å². The molecule has 0 fully saturated rings. The highest BCUT2D eigenvalue weighted by atomic mass is 19.4. The summed E-state index contributed by atoms with van der Waals surface area (Å²) in [5.74, 6) is -0.527. The van der Waals surface area contributed by atoms with Crippen molar-refractivity contribution in [3.8, 4) is 5.75 Å². The van der Waals surface area contributed by atoms with E-state index in [0.717, 1.165) is 12.1 Å². The van der Waals surface area contributed by atoms with Gasteiger partial charge in [0, 0.05) is 11.8 Å². The first-order valence-corrected chi connectivity index (χ1v) is 6.81. The number of ether oxygens (including phenoxy) is 1. The van der Waals surface area contributed by atoms with Gasteiger partial charge in [0.25, 0.3) is 5.91 Å². The predicted molar refractivity (Wildman–Crippen MR) is 78.8 cm³/mol. The molecule has 0 saturated carbocycles. The molecular formula is C15H11F3N4O2. The third-order valence-corrected chi connectivity index (χ3v) is 3.05. The van der Waals surface area contributed by atoms with Crippen molar-refractivity contribution in [2.75, 3.05) is 5.32 Å². The highest BCUT2D eigenvalue weighted by molar-refractivity contribution is 6.06. The molecule has 9 heteroatoms. The Balaban J connectivity index is 1.85. The lowest BCUT2D eigenvalue weighted by molar-refractivity contribution is -0.274. The molecule has 6 nitrogen and oxygen atoms in total. The zero-order chi connectivity index (χ0) is 17.3. The molecule has 1 N–H and O–H groups in total. The zero-order valence-electron chi connectivity index (χ0n) is 12.3. The van der Waals surface area contributed by atoms with E-state index < -0.39 is 18.0 Å². The van der Waals surface area contributed by atoms with Crippen LogP contribution in [-0.2, 0) is 0 Å². The molecule has 2 heterocycles. The number of hydrogen-bond donors (Lipinski definition) is 1. The molecule has 0 aliphatic heterocycles. The number of alkyl halides is 3. The Labute approximate surface area is 133 Å². The topological polar surface area (TPSA) is 68.5 Å². The summed E-state index contributed by atoms with van der Waals surface area (Å²) >= 11 is 0. The summed E-state index contributed by atoms with van der Waals surface area (Å²) < 4.78 is 42.1. The smallest absolute Gasteiger partial charge is 0.406 e. The molecule has 0 radical (unpaired) electrons. The summed E-state index contributed by atoms with van der Waals surface area (Å²) in [6, 6.07) is 8.10. The van der Waals surface area contributed by atoms with E-state index in [2.05, 4.69) is 20.1 Å². The average molecular weight is 336 g/mol. The number of nitrogens with zero attached hydrogens (tertiary/aromatic N) is 3. The van der Waals surface area contributed by atoms with Gasteiger partial charge in [0.15, 0.2) is 5.65 Å². The maximum atomic E-state index is 12.3. The largest absolute Gasteiger partial charge is 0.573 e. The first kappa shape index (κ1) is 15.8. The minimum Gasteiger partial charge on any atom is -0.406 e. The molecule has 0 saturated heterocycles. The van der Waals surface area contributed by atoms with Crippen molar-refractivity contribution < 1.29 is 22.7 Å². The fourth-order valence-electron chi connectivity index (χ4n) is 2.14. The lowest BCUT2D eigenvalue weighted by Crippen LogP contribution is -2.18. The number of halogens is 3. The number of hydrogen-bond acceptors (Lipinski definition) is 4. The van der Waals surface area contributed by atoms with Crippen LogP contribution >= 0.6 is 0 Å². The Bertz CT molecular complexity index is 905. The minimum absolute atomic E-state index is 0.0231. The van der Waals surface area contributed by atoms with Crippen molar-refractivity contribution in [3.05, 3.63) is 54.0 Å². The maximum absolute atomic E-state index is 12.3. The SMILES string of the molecule is Cc1nc2c(NC(=O)c3cccc(OC(F)(F)F)c3)cccn2n1. The highest BCUT2D eigenvalue weighted by Gasteiger charge is 2.31. The Morgan fingerprint density at radius 2 is 2.04 bits per heavy atom. The minimum atomic E-state index is -4.82. The summed E-state index contributed by atoms with van der Waals surface area (Å²) in [6.45, 7) is 1.70. The highest BCUT2D eigenvalue weighted by Crippen LogP contribution is 2.24. The van der Waals surface area contributed by atoms with Crippen molar-refractivity contribution >= 4 is 17.2 Å². The van der Waals surface area contributed by atoms with Gasteiger partial charge in [-0.15, -0.1) is 13.2 Å². The number of carbonyl (C=O) groups excluding carboxylic acids is 1. The number of aryl methyl sites for hydroxylation is 1. The molecule has 0 spiro atoms. The van der Waals surface area contributed by atoms with E-state index >= 15 is 0 Å². The van der Waals surface area contributed by atoms with E-state index in [-0.39, 0.29) is 5.56 Å². The Morgan fingerprint density at radius 1 is 1.25 bits per heavy atom. The maximum Gasteiger partial charge on any atom is 0.573 e. The van der Waals surface area contributed by atoms with Crippen molar-refractivity contribution in [3.63, 3.8) is 0 Å². The van der Waals surface area contributed by atoms with Crippen LogP contribution in [0.1, 0.15) is 16.2 Å². The van der Waals surface area contributed by atoms with Crippen LogP contribution in [0.3, 0.4) is 0 Å². The van der Waals surface area contributed by atoms with Crippen LogP contribution < -0.4 is 10.1 Å². The lowest BCUT2D eigenvalue weighted by atomic mass is 10.2. The number of nitrogens with one attached hydrogen (secondary N) is 1. The molecule has 0 atom stereocenters. The summed E-state index contributed by atoms with van der Waals surface area (Å²) in [5, 5.41) is 6.72. The Hall–Kier alpha value is -3.10. The van der Waals surface area contributed by atoms with Crippen molar-refractivity contribution in [2.24, 2.45) is 0 Å². The first-order valence-electron chi connectivity index (χ1n) is 6.81. The fraction of sp³-hybridized carbons (Fsp3) is 0.133. The molecule has 3 rings (SSSR count). The number of anilines is 1. The molecule has 3 aromatic rings. The van der Waals surface area contributed by atoms with E-state index in [1.807, 2.05) is 0 Å². The standard InChI is InChI=1S/C15H11F3N4O2/c1-9-19-13-12(6-3-7-22(13)21-9)20-14(23)10-4-2-5-11(8-10)24-15(16,17)18/h2-8H,1H3,(H,20,23). The number of pyridine rings is 1. The number of fused-ring (bicyclic) bond motifs is 1. The van der Waals surface area contributed by atoms with Gasteiger partial charge in [0.1, 0.15) is 11.6 Å². The van der Waals surface area contributed by atoms with E-state index in [1.165, 1.54) is 16.6 Å². The average Bonchev–Trinajstić information content (AvgIpc) is 2.87. The van der Waals surface area contributed by atoms with Crippen LogP contribution in [0, 0.1) is 6.92 Å². The second-order valence-electron chi connectivity index (χ2n) is 4.88. The normalized spacial score (nSPS) is 11.5. The van der Waals surface area contributed by atoms with Gasteiger partial charge in [-0.05, 0) is 37.3 Å². The molecule has 2 aromatic heterocycles. The molecular weight excluding hydrogens is 325 g/mol. The van der Waals surface area contributed by atoms with Crippen LogP contribution in [0.15, 0.2) is 42.6 Å². The van der Waals surface area contributed by atoms with Crippen LogP contribution in [0.5, 0.6) is 5.75 Å². The van der Waals surface area contributed by atoms with E-state index in [0.29, 0.717) is 17.2 Å². The van der Waals surface area contributed by atoms with Crippen molar-refractivity contribution in [1.82, 2.24) is 14.6 Å². The zero-order valence-corrected chi connectivity index (χ0v) is 12.3. The quantitative estimate of drug-likeness (QED) is 0.797. The second-order valence-corrected chi connectivity index (χ2v) is 4.88. The number of benzene rings is 1. The van der Waals surface area contributed by atoms with Crippen LogP contribution in [0.4, 0.5) is 18.9 Å². The molecule has 0 bridgehead atoms. The van der Waals surface area contributed by atoms with Crippen LogP contribution in [0.2, 0.25) is 0 Å². The molecule has 0 unspecified atom stereocenters. The number of rotatable bonds is 3. The Kier molecular flexibility index (Phi) is 3.84. The predicted octanol–water partition coefficient (Wildman–Crippen LogP) is 3.19. The second kappa shape index (κ2) is 5.84. The van der Waals surface area contributed by atoms with Crippen molar-refractivity contribution in [2.45, 2.75) is 13.3 Å². The summed E-state index contributed by atoms with van der Waals surface area (Å²) in [7, 11) is 0. The van der Waals surface area contributed by atoms with Gasteiger partial charge in [-0.25, -0.2) is 9.50 Å². The van der Waals surface area contributed by atoms with Gasteiger partial charge in [-0.1, -0.05) is 6.07 Å². The van der Waals surface area contributed by atoms with E-state index in [1.54, 1.807) is 25.3 Å². The van der Waals surface area contributed by atoms with Crippen LogP contribution in [-0.4, -0.2) is 26.9 Å². The van der Waals surface area contributed by atoms with E-state index in [4.69, 9.17) is 0 Å². The monoisotopic (exact) mass is 336 g/mol. The molecule has 0 aliphatic carbocycles. The van der Waals surface area contributed by atoms with Gasteiger partial charge in [-0.2, -0.15) is 5.10 Å². The van der Waals surface area contributed by atoms with Gasteiger partial charge in [-0.3, -0.25) is 4.79 Å². The third-order valence-electron chi connectivity index (χ3n) is 3.05. The molecule has 24 heavy (non-hydrogen) atoms. The van der Waals surface area contributed by atoms with Crippen molar-refractivity contribution in [1.29, 1.82) is 0 Å². The van der Waals surface area contributed by atoms with Gasteiger partial charge in [0.2, 0.25) is 0 Å². The number of carbonyl (C=O) groups is 1. The molecule has 1 aromatic carbocycles. The third kappa shape index (κ3) is 3.45. The van der Waals surface area contributed by atoms with Crippen LogP contribution in [0.25, 0.3) is 5.65 Å².